The van der Waals surface area contributed by atoms with Crippen LogP contribution in [0.15, 0.2) is 18.2 Å². The first-order chi connectivity index (χ1) is 7.00. The topological polar surface area (TPSA) is 66.8 Å². The molecule has 0 aliphatic carbocycles. The van der Waals surface area contributed by atoms with Gasteiger partial charge in [-0.25, -0.2) is 4.79 Å². The fourth-order valence-electron chi connectivity index (χ4n) is 0.957. The van der Waals surface area contributed by atoms with E-state index in [-0.39, 0.29) is 12.2 Å². The Labute approximate surface area is 101 Å². The highest BCUT2D eigenvalue weighted by Gasteiger charge is 2.08. The molecular weight excluding hydrogens is 311 g/mol. The molecule has 4 nitrogen and oxygen atoms in total. The molecule has 1 unspecified atom stereocenters. The van der Waals surface area contributed by atoms with Gasteiger partial charge in [-0.2, -0.15) is 0 Å². The highest BCUT2D eigenvalue weighted by Crippen LogP contribution is 2.22. The molecule has 0 radical (unpaired) electrons. The van der Waals surface area contributed by atoms with E-state index in [1.54, 1.807) is 13.0 Å². The van der Waals surface area contributed by atoms with Gasteiger partial charge in [0.15, 0.2) is 0 Å². The van der Waals surface area contributed by atoms with Crippen LogP contribution in [0, 0.1) is 3.57 Å². The van der Waals surface area contributed by atoms with Gasteiger partial charge in [0.25, 0.3) is 0 Å². The molecule has 82 valence electrons. The van der Waals surface area contributed by atoms with Crippen LogP contribution >= 0.6 is 22.6 Å². The van der Waals surface area contributed by atoms with Crippen molar-refractivity contribution in [2.24, 2.45) is 0 Å². The lowest BCUT2D eigenvalue weighted by atomic mass is 10.2. The predicted molar refractivity (Wildman–Crippen MR) is 63.3 cm³/mol. The standard InChI is InChI=1S/C10H11IO4/c1-6(12)5-15-9-4-7(10(13)14)2-3-8(9)11/h2-4,6,12H,5H2,1H3,(H,13,14). The number of benzene rings is 1. The van der Waals surface area contributed by atoms with E-state index >= 15 is 0 Å². The summed E-state index contributed by atoms with van der Waals surface area (Å²) in [6.07, 6.45) is -0.575. The number of aliphatic hydroxyl groups excluding tert-OH is 1. The van der Waals surface area contributed by atoms with Gasteiger partial charge >= 0.3 is 5.97 Å². The second kappa shape index (κ2) is 5.32. The number of halogens is 1. The van der Waals surface area contributed by atoms with Crippen LogP contribution in [0.2, 0.25) is 0 Å². The van der Waals surface area contributed by atoms with Crippen LogP contribution in [-0.4, -0.2) is 28.9 Å². The van der Waals surface area contributed by atoms with Crippen molar-refractivity contribution in [3.63, 3.8) is 0 Å². The number of rotatable bonds is 4. The third kappa shape index (κ3) is 3.67. The maximum Gasteiger partial charge on any atom is 0.335 e. The van der Waals surface area contributed by atoms with Gasteiger partial charge in [0.1, 0.15) is 12.4 Å². The van der Waals surface area contributed by atoms with E-state index in [2.05, 4.69) is 0 Å². The molecule has 0 saturated carbocycles. The van der Waals surface area contributed by atoms with E-state index < -0.39 is 12.1 Å². The lowest BCUT2D eigenvalue weighted by Gasteiger charge is -2.10. The average molecular weight is 322 g/mol. The summed E-state index contributed by atoms with van der Waals surface area (Å²) in [5.74, 6) is -0.510. The molecule has 2 N–H and O–H groups in total. The molecule has 5 heteroatoms. The number of aliphatic hydroxyl groups is 1. The molecule has 1 atom stereocenters. The Morgan fingerprint density at radius 1 is 1.60 bits per heavy atom. The molecule has 1 aromatic rings. The van der Waals surface area contributed by atoms with E-state index in [4.69, 9.17) is 14.9 Å². The predicted octanol–water partition coefficient (Wildman–Crippen LogP) is 1.75. The van der Waals surface area contributed by atoms with Gasteiger partial charge in [-0.3, -0.25) is 0 Å². The number of aromatic carboxylic acids is 1. The Morgan fingerprint density at radius 3 is 2.80 bits per heavy atom. The van der Waals surface area contributed by atoms with E-state index in [0.717, 1.165) is 3.57 Å². The number of ether oxygens (including phenoxy) is 1. The van der Waals surface area contributed by atoms with E-state index in [9.17, 15) is 4.79 Å². The number of hydrogen-bond donors (Lipinski definition) is 2. The van der Waals surface area contributed by atoms with Crippen LogP contribution in [0.4, 0.5) is 0 Å². The van der Waals surface area contributed by atoms with Crippen LogP contribution in [-0.2, 0) is 0 Å². The number of carbonyl (C=O) groups is 1. The monoisotopic (exact) mass is 322 g/mol. The summed E-state index contributed by atoms with van der Waals surface area (Å²) in [5, 5.41) is 17.8. The van der Waals surface area contributed by atoms with Gasteiger partial charge < -0.3 is 14.9 Å². The molecule has 15 heavy (non-hydrogen) atoms. The molecule has 0 spiro atoms. The second-order valence-corrected chi connectivity index (χ2v) is 4.27. The summed E-state index contributed by atoms with van der Waals surface area (Å²) in [5.41, 5.74) is 0.177. The van der Waals surface area contributed by atoms with Gasteiger partial charge in [0, 0.05) is 0 Å². The average Bonchev–Trinajstić information content (AvgIpc) is 2.16. The summed E-state index contributed by atoms with van der Waals surface area (Å²) in [7, 11) is 0. The molecule has 0 aliphatic rings. The fraction of sp³-hybridized carbons (Fsp3) is 0.300. The lowest BCUT2D eigenvalue weighted by Crippen LogP contribution is -2.13. The van der Waals surface area contributed by atoms with Gasteiger partial charge in [0.2, 0.25) is 0 Å². The Kier molecular flexibility index (Phi) is 4.34. The second-order valence-electron chi connectivity index (χ2n) is 3.11. The van der Waals surface area contributed by atoms with E-state index in [1.807, 2.05) is 22.6 Å². The zero-order valence-electron chi connectivity index (χ0n) is 8.11. The van der Waals surface area contributed by atoms with E-state index in [0.29, 0.717) is 5.75 Å². The summed E-state index contributed by atoms with van der Waals surface area (Å²) < 4.78 is 6.09. The first kappa shape index (κ1) is 12.3. The quantitative estimate of drug-likeness (QED) is 0.829. The van der Waals surface area contributed by atoms with Gasteiger partial charge in [0.05, 0.1) is 15.2 Å². The highest BCUT2D eigenvalue weighted by molar-refractivity contribution is 14.1. The van der Waals surface area contributed by atoms with Crippen molar-refractivity contribution < 1.29 is 19.7 Å². The molecule has 0 aliphatic heterocycles. The molecule has 0 saturated heterocycles. The minimum absolute atomic E-state index is 0.152. The third-order valence-corrected chi connectivity index (χ3v) is 2.55. The molecule has 1 rings (SSSR count). The molecule has 0 amide bonds. The minimum Gasteiger partial charge on any atom is -0.490 e. The van der Waals surface area contributed by atoms with Crippen molar-refractivity contribution in [1.82, 2.24) is 0 Å². The normalized spacial score (nSPS) is 12.2. The zero-order valence-corrected chi connectivity index (χ0v) is 10.3. The van der Waals surface area contributed by atoms with Crippen molar-refractivity contribution in [1.29, 1.82) is 0 Å². The highest BCUT2D eigenvalue weighted by atomic mass is 127. The summed E-state index contributed by atoms with van der Waals surface area (Å²) in [6, 6.07) is 4.63. The molecule has 0 bridgehead atoms. The smallest absolute Gasteiger partial charge is 0.335 e. The van der Waals surface area contributed by atoms with Gasteiger partial charge in [-0.15, -0.1) is 0 Å². The van der Waals surface area contributed by atoms with Gasteiger partial charge in [-0.05, 0) is 47.7 Å². The van der Waals surface area contributed by atoms with Crippen LogP contribution in [0.5, 0.6) is 5.75 Å². The van der Waals surface area contributed by atoms with Crippen LogP contribution in [0.25, 0.3) is 0 Å². The van der Waals surface area contributed by atoms with Crippen LogP contribution in [0.1, 0.15) is 17.3 Å². The van der Waals surface area contributed by atoms with Gasteiger partial charge in [-0.1, -0.05) is 0 Å². The number of carboxylic acids is 1. The Hall–Kier alpha value is -0.820. The SMILES string of the molecule is CC(O)COc1cc(C(=O)O)ccc1I. The largest absolute Gasteiger partial charge is 0.490 e. The zero-order chi connectivity index (χ0) is 11.4. The van der Waals surface area contributed by atoms with Crippen molar-refractivity contribution in [2.75, 3.05) is 6.61 Å². The molecule has 0 heterocycles. The Morgan fingerprint density at radius 2 is 2.27 bits per heavy atom. The van der Waals surface area contributed by atoms with Crippen molar-refractivity contribution >= 4 is 28.6 Å². The summed E-state index contributed by atoms with van der Waals surface area (Å²) >= 11 is 2.05. The van der Waals surface area contributed by atoms with Crippen LogP contribution < -0.4 is 4.74 Å². The third-order valence-electron chi connectivity index (χ3n) is 1.66. The maximum atomic E-state index is 10.7. The van der Waals surface area contributed by atoms with E-state index in [1.165, 1.54) is 12.1 Å². The minimum atomic E-state index is -0.992. The van der Waals surface area contributed by atoms with Crippen molar-refractivity contribution in [3.8, 4) is 5.75 Å². The first-order valence-electron chi connectivity index (χ1n) is 4.34. The molecule has 0 fully saturated rings. The van der Waals surface area contributed by atoms with Crippen molar-refractivity contribution in [3.05, 3.63) is 27.3 Å². The Bertz CT molecular complexity index is 362. The Balaban J connectivity index is 2.85. The molecule has 0 aromatic heterocycles. The molecular formula is C10H11IO4. The lowest BCUT2D eigenvalue weighted by molar-refractivity contribution is 0.0696. The number of hydrogen-bond acceptors (Lipinski definition) is 3. The first-order valence-corrected chi connectivity index (χ1v) is 5.42. The van der Waals surface area contributed by atoms with Crippen LogP contribution in [0.3, 0.4) is 0 Å². The molecule has 1 aromatic carbocycles. The summed E-state index contributed by atoms with van der Waals surface area (Å²) in [4.78, 5) is 10.7. The summed E-state index contributed by atoms with van der Waals surface area (Å²) in [6.45, 7) is 1.76. The van der Waals surface area contributed by atoms with Crippen molar-refractivity contribution in [2.45, 2.75) is 13.0 Å². The maximum absolute atomic E-state index is 10.7. The fourth-order valence-corrected chi connectivity index (χ4v) is 1.45. The number of carboxylic acid groups (broad SMARTS) is 1.